The summed E-state index contributed by atoms with van der Waals surface area (Å²) in [5, 5.41) is 5.35. The Morgan fingerprint density at radius 3 is 2.67 bits per heavy atom. The highest BCUT2D eigenvalue weighted by atomic mass is 16.5. The van der Waals surface area contributed by atoms with Gasteiger partial charge in [-0.25, -0.2) is 0 Å². The number of ether oxygens (including phenoxy) is 1. The van der Waals surface area contributed by atoms with Crippen molar-refractivity contribution < 1.29 is 14.3 Å². The molecule has 7 heteroatoms. The van der Waals surface area contributed by atoms with Crippen molar-refractivity contribution in [3.05, 3.63) is 34.2 Å². The number of amides is 2. The van der Waals surface area contributed by atoms with Crippen LogP contribution in [0.1, 0.15) is 24.2 Å². The van der Waals surface area contributed by atoms with E-state index in [9.17, 15) is 14.4 Å². The Hall–Kier alpha value is -2.15. The van der Waals surface area contributed by atoms with Crippen molar-refractivity contribution in [3.63, 3.8) is 0 Å². The Morgan fingerprint density at radius 2 is 2.05 bits per heavy atom. The maximum Gasteiger partial charge on any atom is 0.252 e. The number of carbonyl (C=O) groups is 2. The highest BCUT2D eigenvalue weighted by Gasteiger charge is 2.10. The summed E-state index contributed by atoms with van der Waals surface area (Å²) in [6.45, 7) is 4.33. The van der Waals surface area contributed by atoms with Gasteiger partial charge in [-0.1, -0.05) is 0 Å². The molecule has 0 radical (unpaired) electrons. The molecule has 1 aromatic heterocycles. The molecule has 0 aliphatic heterocycles. The molecule has 0 fully saturated rings. The highest BCUT2D eigenvalue weighted by molar-refractivity contribution is 5.94. The Bertz CT molecular complexity index is 551. The number of carbonyl (C=O) groups excluding carboxylic acids is 2. The molecule has 0 aliphatic carbocycles. The minimum Gasteiger partial charge on any atom is -0.383 e. The van der Waals surface area contributed by atoms with E-state index in [1.54, 1.807) is 0 Å². The largest absolute Gasteiger partial charge is 0.383 e. The Balaban J connectivity index is 2.76. The van der Waals surface area contributed by atoms with Crippen LogP contribution in [-0.4, -0.2) is 42.7 Å². The topological polar surface area (TPSA) is 89.4 Å². The van der Waals surface area contributed by atoms with E-state index >= 15 is 0 Å². The summed E-state index contributed by atoms with van der Waals surface area (Å²) in [6.07, 6.45) is 1.38. The monoisotopic (exact) mass is 295 g/mol. The maximum absolute atomic E-state index is 11.9. The fourth-order valence-corrected chi connectivity index (χ4v) is 1.64. The summed E-state index contributed by atoms with van der Waals surface area (Å²) in [6, 6.07) is 2.71. The number of aromatic nitrogens is 1. The number of methoxy groups -OCH3 is 1. The molecule has 0 spiro atoms. The fraction of sp³-hybridized carbons (Fsp3) is 0.500. The first kappa shape index (κ1) is 16.9. The molecule has 1 heterocycles. The summed E-state index contributed by atoms with van der Waals surface area (Å²) in [5.41, 5.74) is 0.00554. The van der Waals surface area contributed by atoms with E-state index in [1.165, 1.54) is 30.0 Å². The number of rotatable bonds is 7. The molecule has 0 aliphatic rings. The maximum atomic E-state index is 11.9. The van der Waals surface area contributed by atoms with Crippen molar-refractivity contribution >= 4 is 11.8 Å². The first-order valence-electron chi connectivity index (χ1n) is 6.71. The molecule has 1 rings (SSSR count). The van der Waals surface area contributed by atoms with Gasteiger partial charge in [0, 0.05) is 32.0 Å². The zero-order valence-electron chi connectivity index (χ0n) is 12.5. The summed E-state index contributed by atoms with van der Waals surface area (Å²) in [5.74, 6) is -0.589. The lowest BCUT2D eigenvalue weighted by Crippen LogP contribution is -2.35. The van der Waals surface area contributed by atoms with Gasteiger partial charge >= 0.3 is 0 Å². The summed E-state index contributed by atoms with van der Waals surface area (Å²) < 4.78 is 6.02. The lowest BCUT2D eigenvalue weighted by molar-refractivity contribution is -0.121. The highest BCUT2D eigenvalue weighted by Crippen LogP contribution is 1.97. The molecule has 7 nitrogen and oxygen atoms in total. The van der Waals surface area contributed by atoms with E-state index in [2.05, 4.69) is 10.6 Å². The quantitative estimate of drug-likeness (QED) is 0.679. The number of hydrogen-bond acceptors (Lipinski definition) is 4. The third-order valence-electron chi connectivity index (χ3n) is 2.61. The predicted molar refractivity (Wildman–Crippen MR) is 78.2 cm³/mol. The van der Waals surface area contributed by atoms with Gasteiger partial charge in [0.15, 0.2) is 0 Å². The lowest BCUT2D eigenvalue weighted by Gasteiger charge is -2.11. The van der Waals surface area contributed by atoms with Gasteiger partial charge in [-0.2, -0.15) is 0 Å². The molecule has 1 aromatic rings. The predicted octanol–water partition coefficient (Wildman–Crippen LogP) is -0.251. The molecular formula is C14H21N3O4. The molecule has 0 bridgehead atoms. The third-order valence-corrected chi connectivity index (χ3v) is 2.61. The van der Waals surface area contributed by atoms with Gasteiger partial charge in [-0.05, 0) is 19.9 Å². The Labute approximate surface area is 123 Å². The molecule has 0 saturated carbocycles. The molecule has 0 saturated heterocycles. The second-order valence-corrected chi connectivity index (χ2v) is 4.85. The van der Waals surface area contributed by atoms with Crippen molar-refractivity contribution in [2.24, 2.45) is 0 Å². The van der Waals surface area contributed by atoms with E-state index in [-0.39, 0.29) is 30.0 Å². The lowest BCUT2D eigenvalue weighted by atomic mass is 10.2. The van der Waals surface area contributed by atoms with Gasteiger partial charge in [0.05, 0.1) is 12.2 Å². The van der Waals surface area contributed by atoms with Crippen LogP contribution in [0.15, 0.2) is 23.1 Å². The van der Waals surface area contributed by atoms with Crippen molar-refractivity contribution in [1.29, 1.82) is 0 Å². The Kier molecular flexibility index (Phi) is 6.61. The first-order chi connectivity index (χ1) is 9.93. The molecule has 0 atom stereocenters. The summed E-state index contributed by atoms with van der Waals surface area (Å²) in [7, 11) is 1.54. The van der Waals surface area contributed by atoms with Gasteiger partial charge in [0.2, 0.25) is 5.91 Å². The average Bonchev–Trinajstić information content (AvgIpc) is 2.40. The van der Waals surface area contributed by atoms with E-state index < -0.39 is 0 Å². The van der Waals surface area contributed by atoms with Gasteiger partial charge in [-0.3, -0.25) is 14.4 Å². The van der Waals surface area contributed by atoms with Crippen LogP contribution in [0.5, 0.6) is 0 Å². The summed E-state index contributed by atoms with van der Waals surface area (Å²) in [4.78, 5) is 35.3. The number of hydrogen-bond donors (Lipinski definition) is 2. The molecule has 0 aromatic carbocycles. The normalized spacial score (nSPS) is 10.5. The number of nitrogens with zero attached hydrogens (tertiary/aromatic N) is 1. The van der Waals surface area contributed by atoms with Crippen LogP contribution in [0.4, 0.5) is 0 Å². The third kappa shape index (κ3) is 5.78. The van der Waals surface area contributed by atoms with Crippen LogP contribution in [0, 0.1) is 0 Å². The van der Waals surface area contributed by atoms with Gasteiger partial charge < -0.3 is 19.9 Å². The second-order valence-electron chi connectivity index (χ2n) is 4.85. The molecule has 2 amide bonds. The van der Waals surface area contributed by atoms with Crippen LogP contribution >= 0.6 is 0 Å². The van der Waals surface area contributed by atoms with Crippen LogP contribution < -0.4 is 16.2 Å². The van der Waals surface area contributed by atoms with Crippen molar-refractivity contribution in [2.75, 3.05) is 20.3 Å². The van der Waals surface area contributed by atoms with Crippen LogP contribution in [0.3, 0.4) is 0 Å². The summed E-state index contributed by atoms with van der Waals surface area (Å²) >= 11 is 0. The van der Waals surface area contributed by atoms with Crippen LogP contribution in [0.25, 0.3) is 0 Å². The van der Waals surface area contributed by atoms with Crippen molar-refractivity contribution in [2.45, 2.75) is 26.4 Å². The standard InChI is InChI=1S/C14H21N3O4/c1-10(2)16-14(20)11-4-5-13(19)17(8-11)9-12(18)15-6-7-21-3/h4-5,8,10H,6-7,9H2,1-3H3,(H,15,18)(H,16,20). The molecule has 2 N–H and O–H groups in total. The van der Waals surface area contributed by atoms with E-state index in [0.29, 0.717) is 18.7 Å². The van der Waals surface area contributed by atoms with Crippen molar-refractivity contribution in [1.82, 2.24) is 15.2 Å². The van der Waals surface area contributed by atoms with E-state index in [1.807, 2.05) is 13.8 Å². The molecule has 21 heavy (non-hydrogen) atoms. The molecule has 0 unspecified atom stereocenters. The van der Waals surface area contributed by atoms with E-state index in [4.69, 9.17) is 4.74 Å². The van der Waals surface area contributed by atoms with Gasteiger partial charge in [0.25, 0.3) is 11.5 Å². The van der Waals surface area contributed by atoms with E-state index in [0.717, 1.165) is 0 Å². The minimum atomic E-state index is -0.335. The Morgan fingerprint density at radius 1 is 1.33 bits per heavy atom. The van der Waals surface area contributed by atoms with Crippen LogP contribution in [-0.2, 0) is 16.1 Å². The van der Waals surface area contributed by atoms with Crippen molar-refractivity contribution in [3.8, 4) is 0 Å². The minimum absolute atomic E-state index is 0.00443. The zero-order valence-corrected chi connectivity index (χ0v) is 12.5. The molecular weight excluding hydrogens is 274 g/mol. The fourth-order valence-electron chi connectivity index (χ4n) is 1.64. The smallest absolute Gasteiger partial charge is 0.252 e. The second kappa shape index (κ2) is 8.21. The van der Waals surface area contributed by atoms with Gasteiger partial charge in [-0.15, -0.1) is 0 Å². The number of nitrogens with one attached hydrogen (secondary N) is 2. The van der Waals surface area contributed by atoms with Crippen LogP contribution in [0.2, 0.25) is 0 Å². The number of pyridine rings is 1. The first-order valence-corrected chi connectivity index (χ1v) is 6.71. The average molecular weight is 295 g/mol. The molecule has 116 valence electrons. The van der Waals surface area contributed by atoms with Gasteiger partial charge in [0.1, 0.15) is 6.54 Å². The zero-order chi connectivity index (χ0) is 15.8. The SMILES string of the molecule is COCCNC(=O)Cn1cc(C(=O)NC(C)C)ccc1=O.